The van der Waals surface area contributed by atoms with Crippen LogP contribution in [0.5, 0.6) is 0 Å². The lowest BCUT2D eigenvalue weighted by Gasteiger charge is -2.49. The van der Waals surface area contributed by atoms with Crippen molar-refractivity contribution >= 4 is 27.1 Å². The molecule has 6 heteroatoms. The van der Waals surface area contributed by atoms with Crippen LogP contribution < -0.4 is 0 Å². The van der Waals surface area contributed by atoms with Crippen molar-refractivity contribution in [2.24, 2.45) is 0 Å². The predicted octanol–water partition coefficient (Wildman–Crippen LogP) is 3.33. The predicted molar refractivity (Wildman–Crippen MR) is 81.6 cm³/mol. The molecule has 18 heavy (non-hydrogen) atoms. The molecule has 1 aliphatic carbocycles. The molecule has 1 atom stereocenters. The van der Waals surface area contributed by atoms with Gasteiger partial charge in [0.25, 0.3) is 10.0 Å². The first-order valence-electron chi connectivity index (χ1n) is 7.68. The van der Waals surface area contributed by atoms with Gasteiger partial charge in [-0.15, -0.1) is 0 Å². The molecular formula is C12H28O3Si3. The average molecular weight is 305 g/mol. The van der Waals surface area contributed by atoms with Gasteiger partial charge in [0.05, 0.1) is 0 Å². The van der Waals surface area contributed by atoms with E-state index in [9.17, 15) is 0 Å². The van der Waals surface area contributed by atoms with Gasteiger partial charge in [-0.25, -0.2) is 0 Å². The SMILES string of the molecule is CC[Si]1(CC)O[SiH2]O[Si](CC)(C2CCCCC2)O1. The summed E-state index contributed by atoms with van der Waals surface area (Å²) in [5.74, 6) is 0. The second-order valence-electron chi connectivity index (χ2n) is 5.63. The van der Waals surface area contributed by atoms with Crippen LogP contribution in [0.4, 0.5) is 0 Å². The second-order valence-corrected chi connectivity index (χ2v) is 15.4. The largest absolute Gasteiger partial charge is 0.420 e. The van der Waals surface area contributed by atoms with Gasteiger partial charge in [-0.1, -0.05) is 40.0 Å². The van der Waals surface area contributed by atoms with Crippen LogP contribution in [0.3, 0.4) is 0 Å². The van der Waals surface area contributed by atoms with Crippen LogP contribution in [0.25, 0.3) is 0 Å². The summed E-state index contributed by atoms with van der Waals surface area (Å²) in [6.45, 7) is 6.77. The molecule has 1 saturated carbocycles. The van der Waals surface area contributed by atoms with E-state index in [0.29, 0.717) is 0 Å². The van der Waals surface area contributed by atoms with Crippen LogP contribution in [0.15, 0.2) is 0 Å². The van der Waals surface area contributed by atoms with Crippen LogP contribution in [-0.2, 0) is 12.3 Å². The highest BCUT2D eigenvalue weighted by atomic mass is 28.5. The maximum atomic E-state index is 6.72. The Bertz CT molecular complexity index is 267. The summed E-state index contributed by atoms with van der Waals surface area (Å²) in [6, 6.07) is 3.32. The maximum absolute atomic E-state index is 6.72. The quantitative estimate of drug-likeness (QED) is 0.746. The highest BCUT2D eigenvalue weighted by molar-refractivity contribution is 6.87. The third kappa shape index (κ3) is 2.83. The zero-order valence-corrected chi connectivity index (χ0v) is 15.6. The van der Waals surface area contributed by atoms with E-state index in [-0.39, 0.29) is 0 Å². The summed E-state index contributed by atoms with van der Waals surface area (Å²) in [6.07, 6.45) is 6.84. The standard InChI is InChI=1S/C12H28O3Si3/c1-4-17(5-2)13-16-14-18(6-3,15-17)12-10-8-7-9-11-12/h12H,4-11,16H2,1-3H3. The molecule has 0 radical (unpaired) electrons. The fourth-order valence-corrected chi connectivity index (χ4v) is 18.0. The van der Waals surface area contributed by atoms with Gasteiger partial charge in [0, 0.05) is 5.54 Å². The molecule has 106 valence electrons. The summed E-state index contributed by atoms with van der Waals surface area (Å²) in [5.41, 5.74) is 0.748. The molecule has 0 aromatic carbocycles. The van der Waals surface area contributed by atoms with E-state index in [4.69, 9.17) is 12.3 Å². The molecule has 1 saturated heterocycles. The Balaban J connectivity index is 2.14. The zero-order chi connectivity index (χ0) is 13.1. The third-order valence-corrected chi connectivity index (χ3v) is 17.6. The van der Waals surface area contributed by atoms with E-state index >= 15 is 0 Å². The van der Waals surface area contributed by atoms with Crippen molar-refractivity contribution in [2.45, 2.75) is 76.5 Å². The minimum atomic E-state index is -1.93. The van der Waals surface area contributed by atoms with Gasteiger partial charge in [-0.3, -0.25) is 0 Å². The molecule has 3 nitrogen and oxygen atoms in total. The topological polar surface area (TPSA) is 27.7 Å². The van der Waals surface area contributed by atoms with Crippen molar-refractivity contribution in [1.29, 1.82) is 0 Å². The van der Waals surface area contributed by atoms with Crippen molar-refractivity contribution in [1.82, 2.24) is 0 Å². The molecule has 0 amide bonds. The average Bonchev–Trinajstić information content (AvgIpc) is 2.48. The Morgan fingerprint density at radius 2 is 1.61 bits per heavy atom. The Morgan fingerprint density at radius 3 is 2.17 bits per heavy atom. The molecule has 2 aliphatic rings. The normalized spacial score (nSPS) is 34.8. The number of hydrogen-bond acceptors (Lipinski definition) is 3. The summed E-state index contributed by atoms with van der Waals surface area (Å²) >= 11 is 0. The fraction of sp³-hybridized carbons (Fsp3) is 1.00. The number of hydrogen-bond donors (Lipinski definition) is 0. The molecule has 0 bridgehead atoms. The smallest absolute Gasteiger partial charge is 0.323 e. The van der Waals surface area contributed by atoms with Crippen LogP contribution in [0, 0.1) is 0 Å². The monoisotopic (exact) mass is 304 g/mol. The first kappa shape index (κ1) is 14.9. The minimum absolute atomic E-state index is 0.748. The van der Waals surface area contributed by atoms with E-state index in [1.54, 1.807) is 0 Å². The summed E-state index contributed by atoms with van der Waals surface area (Å²) in [4.78, 5) is 0. The molecule has 0 spiro atoms. The lowest BCUT2D eigenvalue weighted by molar-refractivity contribution is 0.230. The molecule has 0 aromatic heterocycles. The highest BCUT2D eigenvalue weighted by Crippen LogP contribution is 2.44. The van der Waals surface area contributed by atoms with Gasteiger partial charge >= 0.3 is 17.1 Å². The zero-order valence-electron chi connectivity index (χ0n) is 12.2. The molecule has 2 fully saturated rings. The number of rotatable bonds is 4. The van der Waals surface area contributed by atoms with Gasteiger partial charge in [0.2, 0.25) is 0 Å². The Morgan fingerprint density at radius 1 is 0.944 bits per heavy atom. The first-order chi connectivity index (χ1) is 8.70. The Kier molecular flexibility index (Phi) is 5.24. The van der Waals surface area contributed by atoms with Crippen molar-refractivity contribution in [3.05, 3.63) is 0 Å². The van der Waals surface area contributed by atoms with Gasteiger partial charge < -0.3 is 12.3 Å². The first-order valence-corrected chi connectivity index (χ1v) is 13.2. The summed E-state index contributed by atoms with van der Waals surface area (Å²) in [5, 5.41) is 0. The lowest BCUT2D eigenvalue weighted by Crippen LogP contribution is -2.62. The second kappa shape index (κ2) is 6.32. The molecule has 0 aromatic rings. The third-order valence-electron chi connectivity index (χ3n) is 4.78. The summed E-state index contributed by atoms with van der Waals surface area (Å²) in [7, 11) is -4.59. The van der Waals surface area contributed by atoms with E-state index in [0.717, 1.165) is 23.7 Å². The molecular weight excluding hydrogens is 276 g/mol. The molecule has 0 N–H and O–H groups in total. The van der Waals surface area contributed by atoms with Gasteiger partial charge in [0.15, 0.2) is 0 Å². The molecule has 2 rings (SSSR count). The van der Waals surface area contributed by atoms with Crippen molar-refractivity contribution < 1.29 is 12.3 Å². The van der Waals surface area contributed by atoms with Crippen LogP contribution in [0.2, 0.25) is 23.7 Å². The maximum Gasteiger partial charge on any atom is 0.323 e. The summed E-state index contributed by atoms with van der Waals surface area (Å²) < 4.78 is 19.1. The fourth-order valence-electron chi connectivity index (χ4n) is 3.42. The van der Waals surface area contributed by atoms with Crippen LogP contribution >= 0.6 is 0 Å². The van der Waals surface area contributed by atoms with Gasteiger partial charge in [-0.2, -0.15) is 0 Å². The van der Waals surface area contributed by atoms with Crippen LogP contribution in [-0.4, -0.2) is 27.1 Å². The van der Waals surface area contributed by atoms with Crippen molar-refractivity contribution in [3.8, 4) is 0 Å². The van der Waals surface area contributed by atoms with Crippen molar-refractivity contribution in [2.75, 3.05) is 0 Å². The van der Waals surface area contributed by atoms with Gasteiger partial charge in [0.1, 0.15) is 0 Å². The van der Waals surface area contributed by atoms with E-state index < -0.39 is 27.1 Å². The highest BCUT2D eigenvalue weighted by Gasteiger charge is 2.53. The van der Waals surface area contributed by atoms with E-state index in [1.807, 2.05) is 0 Å². The molecule has 1 aliphatic heterocycles. The Labute approximate surface area is 116 Å². The van der Waals surface area contributed by atoms with Gasteiger partial charge in [-0.05, 0) is 31.0 Å². The minimum Gasteiger partial charge on any atom is -0.420 e. The lowest BCUT2D eigenvalue weighted by atomic mass is 10.0. The Hall–Kier alpha value is 0.531. The molecule has 1 heterocycles. The van der Waals surface area contributed by atoms with E-state index in [1.165, 1.54) is 32.1 Å². The van der Waals surface area contributed by atoms with Crippen LogP contribution in [0.1, 0.15) is 52.9 Å². The van der Waals surface area contributed by atoms with E-state index in [2.05, 4.69) is 20.8 Å². The van der Waals surface area contributed by atoms with Crippen molar-refractivity contribution in [3.63, 3.8) is 0 Å². The molecule has 1 unspecified atom stereocenters.